The van der Waals surface area contributed by atoms with E-state index in [9.17, 15) is 10.2 Å². The van der Waals surface area contributed by atoms with Crippen LogP contribution in [0.1, 0.15) is 22.3 Å². The van der Waals surface area contributed by atoms with Crippen molar-refractivity contribution < 1.29 is 10.2 Å². The summed E-state index contributed by atoms with van der Waals surface area (Å²) in [5, 5.41) is 34.5. The number of benzene rings is 2. The van der Waals surface area contributed by atoms with Crippen LogP contribution in [-0.2, 0) is 0 Å². The number of rotatable bonds is 4. The summed E-state index contributed by atoms with van der Waals surface area (Å²) >= 11 is 0. The molecule has 2 rings (SSSR count). The molecule has 6 nitrogen and oxygen atoms in total. The lowest BCUT2D eigenvalue weighted by atomic mass is 10.0. The van der Waals surface area contributed by atoms with Crippen LogP contribution in [0.25, 0.3) is 12.2 Å². The summed E-state index contributed by atoms with van der Waals surface area (Å²) in [4.78, 5) is 0. The number of nitrogen functional groups attached to an aromatic ring is 2. The zero-order valence-corrected chi connectivity index (χ0v) is 11.7. The standard InChI is InChI=1S/C16H16N4O2/c17-15(18)11-3-5-13(21)9(7-11)1-2-10-8-12(16(19)20)4-6-14(10)22/h1-8,21-22H,(H3,17,18)(H3,19,20)/b2-1+. The Morgan fingerprint density at radius 3 is 1.45 bits per heavy atom. The number of nitrogens with one attached hydrogen (secondary N) is 2. The highest BCUT2D eigenvalue weighted by Crippen LogP contribution is 2.24. The first-order valence-corrected chi connectivity index (χ1v) is 6.41. The Hall–Kier alpha value is -3.28. The van der Waals surface area contributed by atoms with Gasteiger partial charge in [0.05, 0.1) is 0 Å². The van der Waals surface area contributed by atoms with Gasteiger partial charge in [-0.1, -0.05) is 12.2 Å². The molecule has 2 aromatic rings. The minimum absolute atomic E-state index is 0.0310. The van der Waals surface area contributed by atoms with Crippen molar-refractivity contribution in [2.45, 2.75) is 0 Å². The molecule has 112 valence electrons. The maximum absolute atomic E-state index is 9.83. The van der Waals surface area contributed by atoms with Gasteiger partial charge in [0.2, 0.25) is 0 Å². The van der Waals surface area contributed by atoms with Crippen LogP contribution in [0.15, 0.2) is 36.4 Å². The second kappa shape index (κ2) is 6.01. The van der Waals surface area contributed by atoms with E-state index >= 15 is 0 Å². The first-order chi connectivity index (χ1) is 10.4. The topological polar surface area (TPSA) is 140 Å². The molecular formula is C16H16N4O2. The maximum Gasteiger partial charge on any atom is 0.122 e. The van der Waals surface area contributed by atoms with Gasteiger partial charge in [-0.05, 0) is 36.4 Å². The second-order valence-electron chi connectivity index (χ2n) is 4.71. The van der Waals surface area contributed by atoms with Gasteiger partial charge in [0.1, 0.15) is 23.2 Å². The number of hydrogen-bond donors (Lipinski definition) is 6. The maximum atomic E-state index is 9.83. The van der Waals surface area contributed by atoms with Gasteiger partial charge in [0, 0.05) is 22.3 Å². The van der Waals surface area contributed by atoms with Crippen molar-refractivity contribution in [1.82, 2.24) is 0 Å². The van der Waals surface area contributed by atoms with Crippen LogP contribution in [0.3, 0.4) is 0 Å². The molecule has 6 heteroatoms. The number of aromatic hydroxyl groups is 2. The van der Waals surface area contributed by atoms with Crippen molar-refractivity contribution >= 4 is 23.8 Å². The fourth-order valence-electron chi connectivity index (χ4n) is 1.89. The predicted octanol–water partition coefficient (Wildman–Crippen LogP) is 1.84. The fourth-order valence-corrected chi connectivity index (χ4v) is 1.89. The van der Waals surface area contributed by atoms with Gasteiger partial charge in [0.25, 0.3) is 0 Å². The SMILES string of the molecule is N=C(N)c1ccc(O)c(/C=C/c2cc(C(=N)N)ccc2O)c1. The largest absolute Gasteiger partial charge is 0.507 e. The highest BCUT2D eigenvalue weighted by molar-refractivity contribution is 5.97. The van der Waals surface area contributed by atoms with E-state index in [1.54, 1.807) is 36.4 Å². The van der Waals surface area contributed by atoms with Crippen molar-refractivity contribution in [1.29, 1.82) is 10.8 Å². The summed E-state index contributed by atoms with van der Waals surface area (Å²) < 4.78 is 0. The molecule has 8 N–H and O–H groups in total. The quantitative estimate of drug-likeness (QED) is 0.291. The van der Waals surface area contributed by atoms with Gasteiger partial charge in [-0.25, -0.2) is 0 Å². The van der Waals surface area contributed by atoms with Crippen LogP contribution >= 0.6 is 0 Å². The van der Waals surface area contributed by atoms with E-state index in [1.807, 2.05) is 0 Å². The molecule has 0 aliphatic heterocycles. The highest BCUT2D eigenvalue weighted by atomic mass is 16.3. The third-order valence-electron chi connectivity index (χ3n) is 3.12. The average molecular weight is 296 g/mol. The molecule has 0 fully saturated rings. The molecule has 0 heterocycles. The lowest BCUT2D eigenvalue weighted by Gasteiger charge is -2.05. The molecule has 0 aliphatic carbocycles. The number of amidine groups is 2. The molecule has 22 heavy (non-hydrogen) atoms. The van der Waals surface area contributed by atoms with Gasteiger partial charge < -0.3 is 21.7 Å². The lowest BCUT2D eigenvalue weighted by Crippen LogP contribution is -2.10. The summed E-state index contributed by atoms with van der Waals surface area (Å²) in [7, 11) is 0. The minimum atomic E-state index is -0.101. The zero-order valence-electron chi connectivity index (χ0n) is 11.7. The molecule has 0 aliphatic rings. The van der Waals surface area contributed by atoms with Gasteiger partial charge >= 0.3 is 0 Å². The second-order valence-corrected chi connectivity index (χ2v) is 4.71. The Balaban J connectivity index is 2.40. The molecule has 0 saturated carbocycles. The van der Waals surface area contributed by atoms with E-state index in [1.165, 1.54) is 12.1 Å². The molecule has 0 unspecified atom stereocenters. The highest BCUT2D eigenvalue weighted by Gasteiger charge is 2.04. The summed E-state index contributed by atoms with van der Waals surface area (Å²) in [6.07, 6.45) is 3.17. The molecule has 0 bridgehead atoms. The molecule has 2 aromatic carbocycles. The zero-order chi connectivity index (χ0) is 16.3. The molecular weight excluding hydrogens is 280 g/mol. The molecule has 0 saturated heterocycles. The third-order valence-corrected chi connectivity index (χ3v) is 3.12. The van der Waals surface area contributed by atoms with E-state index in [0.717, 1.165) is 0 Å². The number of hydrogen-bond acceptors (Lipinski definition) is 4. The van der Waals surface area contributed by atoms with Crippen LogP contribution in [0.5, 0.6) is 11.5 Å². The Labute approximate surface area is 127 Å². The van der Waals surface area contributed by atoms with Crippen molar-refractivity contribution in [3.63, 3.8) is 0 Å². The van der Waals surface area contributed by atoms with Crippen molar-refractivity contribution in [3.05, 3.63) is 58.7 Å². The van der Waals surface area contributed by atoms with Crippen LogP contribution in [0.4, 0.5) is 0 Å². The van der Waals surface area contributed by atoms with E-state index in [4.69, 9.17) is 22.3 Å². The van der Waals surface area contributed by atoms with Crippen LogP contribution in [0, 0.1) is 10.8 Å². The predicted molar refractivity (Wildman–Crippen MR) is 87.2 cm³/mol. The van der Waals surface area contributed by atoms with Crippen LogP contribution in [0.2, 0.25) is 0 Å². The van der Waals surface area contributed by atoms with Crippen molar-refractivity contribution in [3.8, 4) is 11.5 Å². The normalized spacial score (nSPS) is 10.7. The molecule has 0 amide bonds. The van der Waals surface area contributed by atoms with Crippen molar-refractivity contribution in [2.75, 3.05) is 0 Å². The third kappa shape index (κ3) is 3.24. The monoisotopic (exact) mass is 296 g/mol. The Morgan fingerprint density at radius 1 is 0.773 bits per heavy atom. The van der Waals surface area contributed by atoms with E-state index in [0.29, 0.717) is 22.3 Å². The van der Waals surface area contributed by atoms with Crippen molar-refractivity contribution in [2.24, 2.45) is 11.5 Å². The Kier molecular flexibility index (Phi) is 4.13. The number of nitrogens with two attached hydrogens (primary N) is 2. The summed E-state index contributed by atoms with van der Waals surface area (Å²) in [5.74, 6) is -0.140. The summed E-state index contributed by atoms with van der Waals surface area (Å²) in [6, 6.07) is 9.12. The van der Waals surface area contributed by atoms with Gasteiger partial charge in [0.15, 0.2) is 0 Å². The summed E-state index contributed by atoms with van der Waals surface area (Å²) in [6.45, 7) is 0. The average Bonchev–Trinajstić information content (AvgIpc) is 2.47. The van der Waals surface area contributed by atoms with E-state index in [2.05, 4.69) is 0 Å². The van der Waals surface area contributed by atoms with Crippen LogP contribution < -0.4 is 11.5 Å². The molecule has 0 radical (unpaired) electrons. The minimum Gasteiger partial charge on any atom is -0.507 e. The smallest absolute Gasteiger partial charge is 0.122 e. The Morgan fingerprint density at radius 2 is 1.14 bits per heavy atom. The summed E-state index contributed by atoms with van der Waals surface area (Å²) in [5.41, 5.74) is 12.7. The first-order valence-electron chi connectivity index (χ1n) is 6.41. The lowest BCUT2D eigenvalue weighted by molar-refractivity contribution is 0.473. The molecule has 0 spiro atoms. The van der Waals surface area contributed by atoms with E-state index in [-0.39, 0.29) is 23.2 Å². The van der Waals surface area contributed by atoms with Gasteiger partial charge in [-0.15, -0.1) is 0 Å². The van der Waals surface area contributed by atoms with Crippen LogP contribution in [-0.4, -0.2) is 21.9 Å². The van der Waals surface area contributed by atoms with Gasteiger partial charge in [-0.2, -0.15) is 0 Å². The first kappa shape index (κ1) is 15.1. The number of phenolic OH excluding ortho intramolecular Hbond substituents is 2. The van der Waals surface area contributed by atoms with Gasteiger partial charge in [-0.3, -0.25) is 10.8 Å². The fraction of sp³-hybridized carbons (Fsp3) is 0. The number of phenols is 2. The van der Waals surface area contributed by atoms with E-state index < -0.39 is 0 Å². The Bertz CT molecular complexity index is 716. The molecule has 0 atom stereocenters. The molecule has 0 aromatic heterocycles.